The Morgan fingerprint density at radius 1 is 1.00 bits per heavy atom. The lowest BCUT2D eigenvalue weighted by atomic mass is 9.99. The number of halogens is 1. The lowest BCUT2D eigenvalue weighted by molar-refractivity contribution is -0.132. The molecule has 1 heterocycles. The Morgan fingerprint density at radius 3 is 2.33 bits per heavy atom. The van der Waals surface area contributed by atoms with E-state index in [0.29, 0.717) is 34.9 Å². The Balaban J connectivity index is 1.58. The molecule has 1 atom stereocenters. The highest BCUT2D eigenvalue weighted by Gasteiger charge is 2.33. The fourth-order valence-corrected chi connectivity index (χ4v) is 5.19. The van der Waals surface area contributed by atoms with Gasteiger partial charge in [0.25, 0.3) is 10.0 Å². The van der Waals surface area contributed by atoms with Gasteiger partial charge in [0.05, 0.1) is 18.1 Å². The van der Waals surface area contributed by atoms with Crippen molar-refractivity contribution in [3.05, 3.63) is 124 Å². The van der Waals surface area contributed by atoms with Crippen LogP contribution < -0.4 is 9.62 Å². The molecule has 0 fully saturated rings. The summed E-state index contributed by atoms with van der Waals surface area (Å²) in [5.74, 6) is -2.76. The number of benzene rings is 3. The summed E-state index contributed by atoms with van der Waals surface area (Å²) < 4.78 is 29.3. The van der Waals surface area contributed by atoms with Crippen molar-refractivity contribution in [2.75, 3.05) is 11.4 Å². The first-order chi connectivity index (χ1) is 19.3. The smallest absolute Gasteiger partial charge is 0.257 e. The highest BCUT2D eigenvalue weighted by Crippen LogP contribution is 2.21. The number of carbonyl (C=O) groups excluding carboxylic acids is 2. The molecule has 0 aliphatic rings. The van der Waals surface area contributed by atoms with Gasteiger partial charge >= 0.3 is 0 Å². The van der Waals surface area contributed by atoms with Crippen LogP contribution in [-0.4, -0.2) is 36.6 Å². The minimum atomic E-state index is -4.17. The molecule has 10 heteroatoms. The first-order valence-electron chi connectivity index (χ1n) is 12.7. The molecule has 4 rings (SSSR count). The molecule has 0 saturated carbocycles. The van der Waals surface area contributed by atoms with E-state index in [1.807, 2.05) is 30.3 Å². The first-order valence-corrected chi connectivity index (χ1v) is 14.6. The Hall–Kier alpha value is -4.21. The van der Waals surface area contributed by atoms with E-state index in [1.165, 1.54) is 11.0 Å². The van der Waals surface area contributed by atoms with Gasteiger partial charge in [0.2, 0.25) is 11.8 Å². The Bertz CT molecular complexity index is 1590. The van der Waals surface area contributed by atoms with E-state index in [1.54, 1.807) is 78.6 Å². The molecule has 0 radical (unpaired) electrons. The van der Waals surface area contributed by atoms with Crippen molar-refractivity contribution in [1.82, 2.24) is 14.5 Å². The maximum atomic E-state index is 13.7. The largest absolute Gasteiger partial charge is 0.312 e. The average Bonchev–Trinajstić information content (AvgIpc) is 3.40. The number of nitrogens with zero attached hydrogens (tertiary/aromatic N) is 3. The second-order valence-corrected chi connectivity index (χ2v) is 11.0. The molecule has 1 N–H and O–H groups in total. The number of anilines is 1. The maximum absolute atomic E-state index is 13.7. The van der Waals surface area contributed by atoms with Gasteiger partial charge in [-0.15, -0.1) is 0 Å². The molecule has 0 spiro atoms. The predicted molar refractivity (Wildman–Crippen MR) is 157 cm³/mol. The first kappa shape index (κ1) is 28.8. The molecule has 4 aromatic rings. The van der Waals surface area contributed by atoms with Crippen LogP contribution in [-0.2, 0) is 32.6 Å². The predicted octanol–water partition coefficient (Wildman–Crippen LogP) is 4.91. The summed E-state index contributed by atoms with van der Waals surface area (Å²) >= 11 is 6.28. The third kappa shape index (κ3) is 7.68. The van der Waals surface area contributed by atoms with Gasteiger partial charge in [-0.05, 0) is 54.3 Å². The summed E-state index contributed by atoms with van der Waals surface area (Å²) in [4.78, 5) is 28.6. The van der Waals surface area contributed by atoms with E-state index in [0.717, 1.165) is 11.0 Å². The molecule has 3 aromatic carbocycles. The number of sulfonamides is 1. The van der Waals surface area contributed by atoms with Gasteiger partial charge in [0.15, 0.2) is 0 Å². The number of nitrogens with one attached hydrogen (secondary N) is 1. The molecule has 0 aliphatic heterocycles. The Kier molecular flexibility index (Phi) is 9.52. The van der Waals surface area contributed by atoms with Crippen LogP contribution in [0.2, 0.25) is 5.02 Å². The molecular formula is C30H29ClN4O4S. The lowest BCUT2D eigenvalue weighted by Crippen LogP contribution is -2.46. The van der Waals surface area contributed by atoms with Crippen molar-refractivity contribution >= 4 is 45.2 Å². The zero-order chi connectivity index (χ0) is 28.5. The summed E-state index contributed by atoms with van der Waals surface area (Å²) in [6.07, 6.45) is 4.62. The van der Waals surface area contributed by atoms with Crippen molar-refractivity contribution < 1.29 is 18.0 Å². The lowest BCUT2D eigenvalue weighted by Gasteiger charge is -2.25. The normalized spacial score (nSPS) is 12.2. The van der Waals surface area contributed by atoms with E-state index in [4.69, 9.17) is 11.6 Å². The van der Waals surface area contributed by atoms with Crippen LogP contribution in [0.1, 0.15) is 23.6 Å². The zero-order valence-electron chi connectivity index (χ0n) is 21.9. The third-order valence-electron chi connectivity index (χ3n) is 6.16. The summed E-state index contributed by atoms with van der Waals surface area (Å²) in [6.45, 7) is 2.48. The van der Waals surface area contributed by atoms with Crippen LogP contribution in [0, 0.1) is 5.92 Å². The van der Waals surface area contributed by atoms with Crippen molar-refractivity contribution in [1.29, 1.82) is 0 Å². The van der Waals surface area contributed by atoms with Gasteiger partial charge in [-0.2, -0.15) is 5.10 Å². The number of carbonyl (C=O) groups is 2. The van der Waals surface area contributed by atoms with Crippen LogP contribution in [0.25, 0.3) is 6.08 Å². The Labute approximate surface area is 239 Å². The second kappa shape index (κ2) is 13.2. The molecule has 8 nitrogen and oxygen atoms in total. The average molecular weight is 577 g/mol. The fraction of sp³-hybridized carbons (Fsp3) is 0.167. The molecule has 1 aromatic heterocycles. The zero-order valence-corrected chi connectivity index (χ0v) is 23.4. The fourth-order valence-electron chi connectivity index (χ4n) is 4.17. The van der Waals surface area contributed by atoms with Crippen LogP contribution >= 0.6 is 11.6 Å². The molecule has 206 valence electrons. The molecule has 40 heavy (non-hydrogen) atoms. The van der Waals surface area contributed by atoms with Crippen LogP contribution in [0.4, 0.5) is 5.69 Å². The SMILES string of the molecule is CCN(C(=O)C(Cc1cnn(Cc2ccccc2Cl)c1)C(=O)NS(=O)(=O)/C=C/c1ccccc1)c1ccccc1. The highest BCUT2D eigenvalue weighted by molar-refractivity contribution is 7.93. The number of rotatable bonds is 11. The monoisotopic (exact) mass is 576 g/mol. The topological polar surface area (TPSA) is 101 Å². The van der Waals surface area contributed by atoms with E-state index >= 15 is 0 Å². The molecule has 0 aliphatic carbocycles. The molecular weight excluding hydrogens is 548 g/mol. The summed E-state index contributed by atoms with van der Waals surface area (Å²) in [5.41, 5.74) is 2.72. The van der Waals surface area contributed by atoms with Crippen molar-refractivity contribution in [3.63, 3.8) is 0 Å². The number of para-hydroxylation sites is 1. The molecule has 1 unspecified atom stereocenters. The van der Waals surface area contributed by atoms with E-state index in [-0.39, 0.29) is 6.42 Å². The van der Waals surface area contributed by atoms with Crippen molar-refractivity contribution in [2.24, 2.45) is 5.92 Å². The van der Waals surface area contributed by atoms with Crippen LogP contribution in [0.15, 0.2) is 103 Å². The van der Waals surface area contributed by atoms with Gasteiger partial charge in [-0.3, -0.25) is 14.3 Å². The summed E-state index contributed by atoms with van der Waals surface area (Å²) in [6, 6.07) is 25.1. The van der Waals surface area contributed by atoms with Crippen molar-refractivity contribution in [2.45, 2.75) is 19.9 Å². The highest BCUT2D eigenvalue weighted by atomic mass is 35.5. The molecule has 0 bridgehead atoms. The minimum absolute atomic E-state index is 0.0472. The van der Waals surface area contributed by atoms with Crippen LogP contribution in [0.3, 0.4) is 0 Å². The number of amides is 2. The third-order valence-corrected chi connectivity index (χ3v) is 7.51. The van der Waals surface area contributed by atoms with Crippen molar-refractivity contribution in [3.8, 4) is 0 Å². The quantitative estimate of drug-likeness (QED) is 0.256. The van der Waals surface area contributed by atoms with E-state index < -0.39 is 27.8 Å². The number of hydrogen-bond donors (Lipinski definition) is 1. The Morgan fingerprint density at radius 2 is 1.65 bits per heavy atom. The summed E-state index contributed by atoms with van der Waals surface area (Å²) in [5, 5.41) is 5.87. The van der Waals surface area contributed by atoms with Gasteiger partial charge in [0.1, 0.15) is 5.92 Å². The van der Waals surface area contributed by atoms with Gasteiger partial charge in [0, 0.05) is 23.5 Å². The number of aromatic nitrogens is 2. The van der Waals surface area contributed by atoms with Gasteiger partial charge in [-0.25, -0.2) is 13.1 Å². The summed E-state index contributed by atoms with van der Waals surface area (Å²) in [7, 11) is -4.17. The van der Waals surface area contributed by atoms with E-state index in [2.05, 4.69) is 9.82 Å². The molecule has 0 saturated heterocycles. The van der Waals surface area contributed by atoms with Crippen LogP contribution in [0.5, 0.6) is 0 Å². The second-order valence-electron chi connectivity index (χ2n) is 9.04. The number of hydrogen-bond acceptors (Lipinski definition) is 5. The van der Waals surface area contributed by atoms with Gasteiger partial charge < -0.3 is 4.90 Å². The standard InChI is InChI=1S/C30H29ClN4O4S/c1-2-35(26-14-7-4-8-15-26)30(37)27(29(36)33-40(38,39)18-17-23-11-5-3-6-12-23)19-24-20-32-34(21-24)22-25-13-9-10-16-28(25)31/h3-18,20-21,27H,2,19,22H2,1H3,(H,33,36)/b18-17+. The molecule has 2 amide bonds. The minimum Gasteiger partial charge on any atom is -0.312 e. The van der Waals surface area contributed by atoms with Gasteiger partial charge in [-0.1, -0.05) is 78.3 Å². The maximum Gasteiger partial charge on any atom is 0.257 e. The van der Waals surface area contributed by atoms with E-state index in [9.17, 15) is 18.0 Å².